The third-order valence-corrected chi connectivity index (χ3v) is 5.03. The van der Waals surface area contributed by atoms with Gasteiger partial charge in [0, 0.05) is 0 Å². The molecule has 0 aromatic carbocycles. The molecule has 0 saturated carbocycles. The van der Waals surface area contributed by atoms with E-state index in [4.69, 9.17) is 0 Å². The Kier molecular flexibility index (Phi) is 13.3. The molecule has 0 radical (unpaired) electrons. The number of cyclic esters (lactones) is 2. The van der Waals surface area contributed by atoms with Gasteiger partial charge in [0.05, 0.1) is 12.3 Å². The summed E-state index contributed by atoms with van der Waals surface area (Å²) >= 11 is 0. The molecule has 1 aliphatic rings. The van der Waals surface area contributed by atoms with Crippen LogP contribution in [0.5, 0.6) is 0 Å². The van der Waals surface area contributed by atoms with E-state index >= 15 is 0 Å². The van der Waals surface area contributed by atoms with E-state index in [1.807, 2.05) is 0 Å². The van der Waals surface area contributed by atoms with E-state index in [0.717, 1.165) is 25.7 Å². The highest BCUT2D eigenvalue weighted by atomic mass is 16.6. The first-order chi connectivity index (χ1) is 12.2. The van der Waals surface area contributed by atoms with E-state index < -0.39 is 0 Å². The highest BCUT2D eigenvalue weighted by molar-refractivity contribution is 5.94. The first-order valence-corrected chi connectivity index (χ1v) is 10.6. The van der Waals surface area contributed by atoms with E-state index in [2.05, 4.69) is 23.8 Å². The van der Waals surface area contributed by atoms with Gasteiger partial charge in [-0.2, -0.15) is 0 Å². The average Bonchev–Trinajstić information content (AvgIpc) is 2.92. The van der Waals surface area contributed by atoms with Crippen molar-refractivity contribution in [3.05, 3.63) is 12.2 Å². The number of rotatable bonds is 16. The minimum absolute atomic E-state index is 0.172. The van der Waals surface area contributed by atoms with Crippen LogP contribution < -0.4 is 0 Å². The van der Waals surface area contributed by atoms with E-state index in [1.54, 1.807) is 0 Å². The zero-order valence-corrected chi connectivity index (χ0v) is 16.3. The van der Waals surface area contributed by atoms with Crippen molar-refractivity contribution in [2.24, 2.45) is 5.92 Å². The zero-order valence-electron chi connectivity index (χ0n) is 16.3. The summed E-state index contributed by atoms with van der Waals surface area (Å²) in [6.07, 6.45) is 23.9. The summed E-state index contributed by atoms with van der Waals surface area (Å²) in [6, 6.07) is 0. The van der Waals surface area contributed by atoms with Gasteiger partial charge in [0.15, 0.2) is 0 Å². The van der Waals surface area contributed by atoms with Gasteiger partial charge in [-0.3, -0.25) is 9.59 Å². The number of ether oxygens (including phenoxy) is 1. The summed E-state index contributed by atoms with van der Waals surface area (Å²) in [5.41, 5.74) is 0. The first kappa shape index (κ1) is 21.9. The second kappa shape index (κ2) is 15.2. The van der Waals surface area contributed by atoms with Gasteiger partial charge in [-0.1, -0.05) is 83.3 Å². The number of esters is 2. The van der Waals surface area contributed by atoms with Gasteiger partial charge in [-0.25, -0.2) is 0 Å². The summed E-state index contributed by atoms with van der Waals surface area (Å²) in [4.78, 5) is 22.3. The van der Waals surface area contributed by atoms with Gasteiger partial charge < -0.3 is 4.74 Å². The lowest BCUT2D eigenvalue weighted by atomic mass is 9.99. The molecule has 1 atom stereocenters. The van der Waals surface area contributed by atoms with Gasteiger partial charge >= 0.3 is 11.9 Å². The fourth-order valence-electron chi connectivity index (χ4n) is 3.38. The first-order valence-electron chi connectivity index (χ1n) is 10.6. The van der Waals surface area contributed by atoms with Gasteiger partial charge in [0.1, 0.15) is 0 Å². The van der Waals surface area contributed by atoms with Crippen LogP contribution in [0.15, 0.2) is 12.2 Å². The van der Waals surface area contributed by atoms with E-state index in [0.29, 0.717) is 0 Å². The molecule has 1 saturated heterocycles. The van der Waals surface area contributed by atoms with Gasteiger partial charge in [0.2, 0.25) is 0 Å². The summed E-state index contributed by atoms with van der Waals surface area (Å²) in [6.45, 7) is 2.27. The molecule has 25 heavy (non-hydrogen) atoms. The quantitative estimate of drug-likeness (QED) is 0.138. The highest BCUT2D eigenvalue weighted by Gasteiger charge is 2.32. The smallest absolute Gasteiger partial charge is 0.317 e. The molecule has 0 spiro atoms. The van der Waals surface area contributed by atoms with Crippen molar-refractivity contribution in [3.8, 4) is 0 Å². The van der Waals surface area contributed by atoms with Crippen molar-refractivity contribution >= 4 is 11.9 Å². The number of hydrogen-bond acceptors (Lipinski definition) is 3. The normalized spacial score (nSPS) is 17.6. The minimum atomic E-state index is -0.352. The predicted molar refractivity (Wildman–Crippen MR) is 103 cm³/mol. The van der Waals surface area contributed by atoms with Crippen LogP contribution in [0.2, 0.25) is 0 Å². The molecule has 0 N–H and O–H groups in total. The monoisotopic (exact) mass is 350 g/mol. The Morgan fingerprint density at radius 1 is 0.800 bits per heavy atom. The fourth-order valence-corrected chi connectivity index (χ4v) is 3.38. The molecule has 1 rings (SSSR count). The Morgan fingerprint density at radius 3 is 1.84 bits per heavy atom. The van der Waals surface area contributed by atoms with Gasteiger partial charge in [-0.05, 0) is 32.1 Å². The summed E-state index contributed by atoms with van der Waals surface area (Å²) in [5.74, 6) is -0.838. The van der Waals surface area contributed by atoms with Crippen molar-refractivity contribution < 1.29 is 14.3 Å². The van der Waals surface area contributed by atoms with E-state index in [1.165, 1.54) is 70.6 Å². The maximum Gasteiger partial charge on any atom is 0.317 e. The number of hydrogen-bond donors (Lipinski definition) is 0. The largest absolute Gasteiger partial charge is 0.393 e. The second-order valence-electron chi connectivity index (χ2n) is 7.42. The Morgan fingerprint density at radius 2 is 1.32 bits per heavy atom. The van der Waals surface area contributed by atoms with Gasteiger partial charge in [0.25, 0.3) is 0 Å². The number of unbranched alkanes of at least 4 members (excludes halogenated alkanes) is 12. The van der Waals surface area contributed by atoms with Crippen LogP contribution in [0.3, 0.4) is 0 Å². The highest BCUT2D eigenvalue weighted by Crippen LogP contribution is 2.22. The van der Waals surface area contributed by atoms with Crippen molar-refractivity contribution in [3.63, 3.8) is 0 Å². The van der Waals surface area contributed by atoms with Crippen molar-refractivity contribution in [1.29, 1.82) is 0 Å². The van der Waals surface area contributed by atoms with Crippen LogP contribution in [0, 0.1) is 5.92 Å². The van der Waals surface area contributed by atoms with Crippen LogP contribution in [-0.2, 0) is 14.3 Å². The summed E-state index contributed by atoms with van der Waals surface area (Å²) < 4.78 is 4.56. The molecule has 1 heterocycles. The van der Waals surface area contributed by atoms with Crippen LogP contribution >= 0.6 is 0 Å². The molecule has 0 aliphatic carbocycles. The van der Waals surface area contributed by atoms with Gasteiger partial charge in [-0.15, -0.1) is 0 Å². The summed E-state index contributed by atoms with van der Waals surface area (Å²) in [5, 5.41) is 0. The topological polar surface area (TPSA) is 43.4 Å². The van der Waals surface area contributed by atoms with Crippen molar-refractivity contribution in [2.45, 2.75) is 110 Å². The summed E-state index contributed by atoms with van der Waals surface area (Å²) in [7, 11) is 0. The molecule has 0 aromatic heterocycles. The second-order valence-corrected chi connectivity index (χ2v) is 7.42. The molecule has 0 bridgehead atoms. The lowest BCUT2D eigenvalue weighted by Crippen LogP contribution is -2.06. The van der Waals surface area contributed by atoms with Crippen molar-refractivity contribution in [2.75, 3.05) is 0 Å². The molecule has 3 nitrogen and oxygen atoms in total. The Balaban J connectivity index is 1.78. The molecule has 1 aliphatic heterocycles. The number of allylic oxidation sites excluding steroid dienone is 2. The molecule has 1 fully saturated rings. The molecule has 0 aromatic rings. The molecular weight excluding hydrogens is 312 g/mol. The lowest BCUT2D eigenvalue weighted by molar-refractivity contribution is -0.153. The fraction of sp³-hybridized carbons (Fsp3) is 0.818. The molecule has 0 amide bonds. The maximum absolute atomic E-state index is 11.3. The Bertz CT molecular complexity index is 387. The third-order valence-electron chi connectivity index (χ3n) is 5.03. The Hall–Kier alpha value is -1.12. The van der Waals surface area contributed by atoms with Crippen LogP contribution in [0.25, 0.3) is 0 Å². The molecule has 144 valence electrons. The van der Waals surface area contributed by atoms with E-state index in [-0.39, 0.29) is 24.3 Å². The SMILES string of the molecule is CCCCCCCCCCCC=CCCCCCC1CC(=O)OC1=O. The zero-order chi connectivity index (χ0) is 18.2. The van der Waals surface area contributed by atoms with Crippen LogP contribution in [0.4, 0.5) is 0 Å². The maximum atomic E-state index is 11.3. The lowest BCUT2D eigenvalue weighted by Gasteiger charge is -2.03. The molecule has 1 unspecified atom stereocenters. The van der Waals surface area contributed by atoms with Crippen LogP contribution in [0.1, 0.15) is 110 Å². The number of carbonyl (C=O) groups is 2. The molecule has 3 heteroatoms. The number of carbonyl (C=O) groups excluding carboxylic acids is 2. The van der Waals surface area contributed by atoms with Crippen LogP contribution in [-0.4, -0.2) is 11.9 Å². The minimum Gasteiger partial charge on any atom is -0.393 e. The van der Waals surface area contributed by atoms with Crippen molar-refractivity contribution in [1.82, 2.24) is 0 Å². The third kappa shape index (κ3) is 12.0. The standard InChI is InChI=1S/C22H38O3/c1-2-3-4-5-6-7-8-9-10-11-12-13-14-15-16-17-18-20-19-21(23)25-22(20)24/h12-13,20H,2-11,14-19H2,1H3. The predicted octanol–water partition coefficient (Wildman–Crippen LogP) is 6.50. The van der Waals surface area contributed by atoms with E-state index in [9.17, 15) is 9.59 Å². The average molecular weight is 351 g/mol. The Labute approximate surface area is 154 Å². The molecular formula is C22H38O3.